The van der Waals surface area contributed by atoms with Crippen molar-refractivity contribution in [3.05, 3.63) is 71.1 Å². The molecule has 102 valence electrons. The zero-order valence-electron chi connectivity index (χ0n) is 12.3. The van der Waals surface area contributed by atoms with Gasteiger partial charge in [0.15, 0.2) is 0 Å². The molecule has 0 spiro atoms. The molecule has 0 saturated heterocycles. The standard InChI is InChI=1S/C19H21N/c1-3-4-12-20-13-11-17(14-15(20)2)19-10-9-16-7-5-6-8-18(16)19/h5-11,13-14H,3-4,12H2,1-2H3/b19-17+. The fourth-order valence-electron chi connectivity index (χ4n) is 2.79. The quantitative estimate of drug-likeness (QED) is 0.741. The van der Waals surface area contributed by atoms with Crippen LogP contribution in [0.15, 0.2) is 60.0 Å². The molecule has 20 heavy (non-hydrogen) atoms. The van der Waals surface area contributed by atoms with Gasteiger partial charge in [0.05, 0.1) is 0 Å². The van der Waals surface area contributed by atoms with Crippen LogP contribution >= 0.6 is 0 Å². The van der Waals surface area contributed by atoms with Crippen LogP contribution in [0.5, 0.6) is 0 Å². The summed E-state index contributed by atoms with van der Waals surface area (Å²) in [4.78, 5) is 2.35. The van der Waals surface area contributed by atoms with Crippen LogP contribution in [-0.4, -0.2) is 11.4 Å². The molecule has 2 aliphatic rings. The molecule has 0 saturated carbocycles. The molecule has 0 unspecified atom stereocenters. The van der Waals surface area contributed by atoms with Crippen molar-refractivity contribution in [3.8, 4) is 0 Å². The minimum atomic E-state index is 1.12. The summed E-state index contributed by atoms with van der Waals surface area (Å²) in [5, 5.41) is 0. The Morgan fingerprint density at radius 3 is 2.70 bits per heavy atom. The van der Waals surface area contributed by atoms with Gasteiger partial charge in [-0.25, -0.2) is 0 Å². The molecule has 3 rings (SSSR count). The summed E-state index contributed by atoms with van der Waals surface area (Å²) < 4.78 is 0. The maximum atomic E-state index is 2.35. The minimum absolute atomic E-state index is 1.12. The third kappa shape index (κ3) is 2.36. The summed E-state index contributed by atoms with van der Waals surface area (Å²) in [7, 11) is 0. The predicted molar refractivity (Wildman–Crippen MR) is 86.9 cm³/mol. The molecule has 0 bridgehead atoms. The van der Waals surface area contributed by atoms with Crippen molar-refractivity contribution in [1.82, 2.24) is 4.90 Å². The van der Waals surface area contributed by atoms with Gasteiger partial charge >= 0.3 is 0 Å². The highest BCUT2D eigenvalue weighted by Crippen LogP contribution is 2.34. The Morgan fingerprint density at radius 2 is 1.90 bits per heavy atom. The second-order valence-electron chi connectivity index (χ2n) is 5.44. The van der Waals surface area contributed by atoms with Crippen LogP contribution in [-0.2, 0) is 0 Å². The monoisotopic (exact) mass is 263 g/mol. The lowest BCUT2D eigenvalue weighted by atomic mass is 9.99. The van der Waals surface area contributed by atoms with Crippen molar-refractivity contribution in [3.63, 3.8) is 0 Å². The van der Waals surface area contributed by atoms with Crippen molar-refractivity contribution in [2.45, 2.75) is 26.7 Å². The molecule has 1 nitrogen and oxygen atoms in total. The van der Waals surface area contributed by atoms with Gasteiger partial charge in [-0.1, -0.05) is 49.8 Å². The first kappa shape index (κ1) is 13.0. The summed E-state index contributed by atoms with van der Waals surface area (Å²) in [6.45, 7) is 5.55. The topological polar surface area (TPSA) is 3.24 Å². The number of fused-ring (bicyclic) bond motifs is 1. The Morgan fingerprint density at radius 1 is 1.05 bits per heavy atom. The van der Waals surface area contributed by atoms with E-state index in [-0.39, 0.29) is 0 Å². The van der Waals surface area contributed by atoms with Crippen LogP contribution < -0.4 is 0 Å². The minimum Gasteiger partial charge on any atom is -0.352 e. The molecule has 1 heterocycles. The van der Waals surface area contributed by atoms with E-state index in [0.29, 0.717) is 0 Å². The van der Waals surface area contributed by atoms with Gasteiger partial charge in [0.1, 0.15) is 0 Å². The second-order valence-corrected chi connectivity index (χ2v) is 5.44. The lowest BCUT2D eigenvalue weighted by Crippen LogP contribution is -2.18. The van der Waals surface area contributed by atoms with Gasteiger partial charge in [0.25, 0.3) is 0 Å². The van der Waals surface area contributed by atoms with Crippen LogP contribution in [0.25, 0.3) is 11.6 Å². The highest BCUT2D eigenvalue weighted by Gasteiger charge is 2.15. The van der Waals surface area contributed by atoms with E-state index >= 15 is 0 Å². The maximum Gasteiger partial charge on any atom is 0.0222 e. The van der Waals surface area contributed by atoms with Gasteiger partial charge in [-0.2, -0.15) is 0 Å². The molecule has 1 aliphatic heterocycles. The molecule has 0 fully saturated rings. The fraction of sp³-hybridized carbons (Fsp3) is 0.263. The van der Waals surface area contributed by atoms with Gasteiger partial charge in [0, 0.05) is 18.4 Å². The maximum absolute atomic E-state index is 2.35. The van der Waals surface area contributed by atoms with Crippen LogP contribution in [0.3, 0.4) is 0 Å². The zero-order chi connectivity index (χ0) is 13.9. The average Bonchev–Trinajstić information content (AvgIpc) is 2.90. The van der Waals surface area contributed by atoms with Crippen molar-refractivity contribution in [1.29, 1.82) is 0 Å². The Labute approximate surface area is 121 Å². The van der Waals surface area contributed by atoms with Gasteiger partial charge in [-0.15, -0.1) is 0 Å². The SMILES string of the molecule is CCCCN1C=C/C(=C2/C=Cc3ccccc32)C=C1C. The number of benzene rings is 1. The summed E-state index contributed by atoms with van der Waals surface area (Å²) in [5.41, 5.74) is 6.66. The van der Waals surface area contributed by atoms with Gasteiger partial charge in [0.2, 0.25) is 0 Å². The third-order valence-corrected chi connectivity index (χ3v) is 4.00. The van der Waals surface area contributed by atoms with Crippen molar-refractivity contribution >= 4 is 11.6 Å². The lowest BCUT2D eigenvalue weighted by Gasteiger charge is -2.25. The van der Waals surface area contributed by atoms with E-state index in [9.17, 15) is 0 Å². The van der Waals surface area contributed by atoms with E-state index in [4.69, 9.17) is 0 Å². The van der Waals surface area contributed by atoms with E-state index < -0.39 is 0 Å². The highest BCUT2D eigenvalue weighted by molar-refractivity contribution is 5.93. The van der Waals surface area contributed by atoms with E-state index in [0.717, 1.165) is 6.54 Å². The van der Waals surface area contributed by atoms with Crippen LogP contribution in [0.2, 0.25) is 0 Å². The molecule has 0 atom stereocenters. The van der Waals surface area contributed by atoms with Crippen molar-refractivity contribution in [2.75, 3.05) is 6.54 Å². The van der Waals surface area contributed by atoms with E-state index in [1.54, 1.807) is 0 Å². The van der Waals surface area contributed by atoms with Crippen LogP contribution in [0, 0.1) is 0 Å². The summed E-state index contributed by atoms with van der Waals surface area (Å²) >= 11 is 0. The number of unbranched alkanes of at least 4 members (excludes halogenated alkanes) is 1. The number of hydrogen-bond donors (Lipinski definition) is 0. The molecular weight excluding hydrogens is 242 g/mol. The number of rotatable bonds is 3. The summed E-state index contributed by atoms with van der Waals surface area (Å²) in [5.74, 6) is 0. The highest BCUT2D eigenvalue weighted by atomic mass is 15.1. The molecule has 0 N–H and O–H groups in total. The van der Waals surface area contributed by atoms with E-state index in [1.807, 2.05) is 0 Å². The first-order valence-corrected chi connectivity index (χ1v) is 7.44. The Bertz CT molecular complexity index is 629. The summed E-state index contributed by atoms with van der Waals surface area (Å²) in [6.07, 6.45) is 13.7. The third-order valence-electron chi connectivity index (χ3n) is 4.00. The molecule has 0 amide bonds. The first-order valence-electron chi connectivity index (χ1n) is 7.44. The molecule has 0 aromatic heterocycles. The van der Waals surface area contributed by atoms with E-state index in [2.05, 4.69) is 73.5 Å². The smallest absolute Gasteiger partial charge is 0.0222 e. The summed E-state index contributed by atoms with van der Waals surface area (Å²) in [6, 6.07) is 8.60. The molecule has 1 aromatic rings. The molecule has 1 heteroatoms. The fourth-order valence-corrected chi connectivity index (χ4v) is 2.79. The van der Waals surface area contributed by atoms with Crippen LogP contribution in [0.4, 0.5) is 0 Å². The molecule has 1 aliphatic carbocycles. The van der Waals surface area contributed by atoms with Crippen molar-refractivity contribution in [2.24, 2.45) is 0 Å². The normalized spacial score (nSPS) is 20.3. The van der Waals surface area contributed by atoms with E-state index in [1.165, 1.54) is 40.8 Å². The Kier molecular flexibility index (Phi) is 3.60. The predicted octanol–water partition coefficient (Wildman–Crippen LogP) is 5.00. The average molecular weight is 263 g/mol. The van der Waals surface area contributed by atoms with Crippen LogP contribution in [0.1, 0.15) is 37.8 Å². The lowest BCUT2D eigenvalue weighted by molar-refractivity contribution is 0.446. The molecular formula is C19H21N. The first-order chi connectivity index (χ1) is 9.79. The number of allylic oxidation sites excluding steroid dienone is 6. The number of hydrogen-bond acceptors (Lipinski definition) is 1. The Hall–Kier alpha value is -2.02. The number of nitrogens with zero attached hydrogens (tertiary/aromatic N) is 1. The van der Waals surface area contributed by atoms with Gasteiger partial charge in [-0.3, -0.25) is 0 Å². The van der Waals surface area contributed by atoms with Crippen molar-refractivity contribution < 1.29 is 0 Å². The molecule has 1 aromatic carbocycles. The van der Waals surface area contributed by atoms with Gasteiger partial charge in [-0.05, 0) is 47.8 Å². The largest absolute Gasteiger partial charge is 0.352 e. The second kappa shape index (κ2) is 5.54. The molecule has 0 radical (unpaired) electrons. The van der Waals surface area contributed by atoms with Gasteiger partial charge < -0.3 is 4.90 Å². The Balaban J connectivity index is 1.91. The zero-order valence-corrected chi connectivity index (χ0v) is 12.3.